The minimum Gasteiger partial charge on any atom is -0.396 e. The molecule has 1 aromatic heterocycles. The third-order valence-corrected chi connectivity index (χ3v) is 2.40. The van der Waals surface area contributed by atoms with Gasteiger partial charge in [0.05, 0.1) is 0 Å². The van der Waals surface area contributed by atoms with Crippen LogP contribution in [0, 0.1) is 0 Å². The van der Waals surface area contributed by atoms with Gasteiger partial charge in [0.1, 0.15) is 5.82 Å². The molecule has 0 aliphatic rings. The topological polar surface area (TPSA) is 92.3 Å². The molecule has 0 aliphatic carbocycles. The Morgan fingerprint density at radius 1 is 1.35 bits per heavy atom. The Labute approximate surface area is 100 Å². The van der Waals surface area contributed by atoms with Crippen molar-refractivity contribution in [3.63, 3.8) is 0 Å². The molecule has 0 aliphatic heterocycles. The number of unbranched alkanes of at least 4 members (excludes halogenated alkanes) is 2. The molecule has 1 heterocycles. The third kappa shape index (κ3) is 4.36. The molecule has 1 amide bonds. The molecule has 17 heavy (non-hydrogen) atoms. The van der Waals surface area contributed by atoms with Crippen LogP contribution in [0.3, 0.4) is 0 Å². The molecule has 1 rings (SSSR count). The highest BCUT2D eigenvalue weighted by Crippen LogP contribution is 2.03. The van der Waals surface area contributed by atoms with Crippen LogP contribution in [0.2, 0.25) is 0 Å². The highest BCUT2D eigenvalue weighted by Gasteiger charge is 2.12. The number of nitrogens with two attached hydrogens (primary N) is 1. The number of carbonyl (C=O) groups excluding carboxylic acids is 1. The predicted octanol–water partition coefficient (Wildman–Crippen LogP) is 0.293. The van der Waals surface area contributed by atoms with E-state index in [0.717, 1.165) is 19.3 Å². The summed E-state index contributed by atoms with van der Waals surface area (Å²) in [7, 11) is 1.72. The van der Waals surface area contributed by atoms with Crippen LogP contribution in [0.4, 0.5) is 5.82 Å². The van der Waals surface area contributed by atoms with Crippen molar-refractivity contribution in [3.8, 4) is 0 Å². The van der Waals surface area contributed by atoms with Gasteiger partial charge in [-0.1, -0.05) is 0 Å². The SMILES string of the molecule is CN(CCCCCO)C(=O)c1ccc(N)nn1. The van der Waals surface area contributed by atoms with E-state index in [4.69, 9.17) is 10.8 Å². The molecular formula is C11H18N4O2. The van der Waals surface area contributed by atoms with Crippen LogP contribution in [0.25, 0.3) is 0 Å². The number of carbonyl (C=O) groups is 1. The molecule has 6 nitrogen and oxygen atoms in total. The highest BCUT2D eigenvalue weighted by atomic mass is 16.2. The molecule has 1 aromatic rings. The predicted molar refractivity (Wildman–Crippen MR) is 64.3 cm³/mol. The number of nitrogens with zero attached hydrogens (tertiary/aromatic N) is 3. The van der Waals surface area contributed by atoms with E-state index in [0.29, 0.717) is 18.1 Å². The van der Waals surface area contributed by atoms with Crippen molar-refractivity contribution in [1.29, 1.82) is 0 Å². The number of hydrogen-bond donors (Lipinski definition) is 2. The summed E-state index contributed by atoms with van der Waals surface area (Å²) < 4.78 is 0. The van der Waals surface area contributed by atoms with Gasteiger partial charge in [0.15, 0.2) is 5.69 Å². The first-order valence-corrected chi connectivity index (χ1v) is 5.60. The fraction of sp³-hybridized carbons (Fsp3) is 0.545. The summed E-state index contributed by atoms with van der Waals surface area (Å²) in [6, 6.07) is 3.12. The van der Waals surface area contributed by atoms with Crippen LogP contribution in [-0.4, -0.2) is 46.3 Å². The third-order valence-electron chi connectivity index (χ3n) is 2.40. The smallest absolute Gasteiger partial charge is 0.274 e. The largest absolute Gasteiger partial charge is 0.396 e. The molecular weight excluding hydrogens is 220 g/mol. The number of nitrogen functional groups attached to an aromatic ring is 1. The van der Waals surface area contributed by atoms with Crippen LogP contribution < -0.4 is 5.73 Å². The number of hydrogen-bond acceptors (Lipinski definition) is 5. The van der Waals surface area contributed by atoms with E-state index in [-0.39, 0.29) is 12.5 Å². The van der Waals surface area contributed by atoms with Crippen molar-refractivity contribution in [1.82, 2.24) is 15.1 Å². The zero-order valence-electron chi connectivity index (χ0n) is 9.96. The first-order valence-electron chi connectivity index (χ1n) is 5.60. The molecule has 0 unspecified atom stereocenters. The normalized spacial score (nSPS) is 10.2. The Morgan fingerprint density at radius 3 is 2.71 bits per heavy atom. The number of rotatable bonds is 6. The summed E-state index contributed by atoms with van der Waals surface area (Å²) in [4.78, 5) is 13.4. The Kier molecular flexibility index (Phi) is 5.35. The Morgan fingerprint density at radius 2 is 2.12 bits per heavy atom. The van der Waals surface area contributed by atoms with Crippen molar-refractivity contribution >= 4 is 11.7 Å². The second-order valence-electron chi connectivity index (χ2n) is 3.85. The second kappa shape index (κ2) is 6.80. The van der Waals surface area contributed by atoms with Crippen LogP contribution in [0.15, 0.2) is 12.1 Å². The van der Waals surface area contributed by atoms with Crippen molar-refractivity contribution < 1.29 is 9.90 Å². The molecule has 6 heteroatoms. The van der Waals surface area contributed by atoms with E-state index in [2.05, 4.69) is 10.2 Å². The summed E-state index contributed by atoms with van der Waals surface area (Å²) in [6.07, 6.45) is 2.54. The molecule has 0 bridgehead atoms. The molecule has 0 saturated carbocycles. The van der Waals surface area contributed by atoms with E-state index in [9.17, 15) is 4.79 Å². The number of anilines is 1. The lowest BCUT2D eigenvalue weighted by Crippen LogP contribution is -2.28. The van der Waals surface area contributed by atoms with Gasteiger partial charge in [-0.25, -0.2) is 0 Å². The summed E-state index contributed by atoms with van der Waals surface area (Å²) >= 11 is 0. The molecule has 0 saturated heterocycles. The Bertz CT molecular complexity index is 353. The van der Waals surface area contributed by atoms with E-state index >= 15 is 0 Å². The molecule has 0 aromatic carbocycles. The van der Waals surface area contributed by atoms with Gasteiger partial charge in [0.25, 0.3) is 5.91 Å². The first kappa shape index (κ1) is 13.4. The standard InChI is InChI=1S/C11H18N4O2/c1-15(7-3-2-4-8-16)11(17)9-5-6-10(12)14-13-9/h5-6,16H,2-4,7-8H2,1H3,(H2,12,14). The fourth-order valence-corrected chi connectivity index (χ4v) is 1.39. The highest BCUT2D eigenvalue weighted by molar-refractivity contribution is 5.92. The van der Waals surface area contributed by atoms with Gasteiger partial charge in [-0.15, -0.1) is 10.2 Å². The van der Waals surface area contributed by atoms with Gasteiger partial charge in [0, 0.05) is 20.2 Å². The van der Waals surface area contributed by atoms with Gasteiger partial charge in [-0.3, -0.25) is 4.79 Å². The average molecular weight is 238 g/mol. The van der Waals surface area contributed by atoms with Crippen molar-refractivity contribution in [3.05, 3.63) is 17.8 Å². The fourth-order valence-electron chi connectivity index (χ4n) is 1.39. The minimum absolute atomic E-state index is 0.165. The molecule has 0 spiro atoms. The number of aliphatic hydroxyl groups is 1. The van der Waals surface area contributed by atoms with E-state index in [1.165, 1.54) is 0 Å². The van der Waals surface area contributed by atoms with Crippen LogP contribution >= 0.6 is 0 Å². The Hall–Kier alpha value is -1.69. The lowest BCUT2D eigenvalue weighted by molar-refractivity contribution is 0.0785. The summed E-state index contributed by atoms with van der Waals surface area (Å²) in [6.45, 7) is 0.839. The van der Waals surface area contributed by atoms with Crippen molar-refractivity contribution in [2.75, 3.05) is 25.9 Å². The second-order valence-corrected chi connectivity index (χ2v) is 3.85. The first-order chi connectivity index (χ1) is 8.15. The van der Waals surface area contributed by atoms with Gasteiger partial charge < -0.3 is 15.7 Å². The number of aromatic nitrogens is 2. The summed E-state index contributed by atoms with van der Waals surface area (Å²) in [5.74, 6) is 0.133. The minimum atomic E-state index is -0.165. The molecule has 3 N–H and O–H groups in total. The maximum absolute atomic E-state index is 11.9. The van der Waals surface area contributed by atoms with Gasteiger partial charge in [-0.05, 0) is 31.4 Å². The monoisotopic (exact) mass is 238 g/mol. The number of aliphatic hydroxyl groups excluding tert-OH is 1. The number of amides is 1. The maximum atomic E-state index is 11.9. The molecule has 0 atom stereocenters. The quantitative estimate of drug-likeness (QED) is 0.695. The van der Waals surface area contributed by atoms with E-state index in [1.54, 1.807) is 24.1 Å². The van der Waals surface area contributed by atoms with Gasteiger partial charge >= 0.3 is 0 Å². The van der Waals surface area contributed by atoms with E-state index < -0.39 is 0 Å². The maximum Gasteiger partial charge on any atom is 0.274 e. The van der Waals surface area contributed by atoms with E-state index in [1.807, 2.05) is 0 Å². The molecule has 0 radical (unpaired) electrons. The van der Waals surface area contributed by atoms with Crippen molar-refractivity contribution in [2.45, 2.75) is 19.3 Å². The molecule has 0 fully saturated rings. The molecule has 94 valence electrons. The zero-order valence-corrected chi connectivity index (χ0v) is 9.96. The Balaban J connectivity index is 2.43. The van der Waals surface area contributed by atoms with Crippen molar-refractivity contribution in [2.24, 2.45) is 0 Å². The lowest BCUT2D eigenvalue weighted by atomic mass is 10.2. The van der Waals surface area contributed by atoms with Gasteiger partial charge in [0.2, 0.25) is 0 Å². The zero-order chi connectivity index (χ0) is 12.7. The van der Waals surface area contributed by atoms with Crippen LogP contribution in [0.1, 0.15) is 29.8 Å². The van der Waals surface area contributed by atoms with Crippen LogP contribution in [-0.2, 0) is 0 Å². The summed E-state index contributed by atoms with van der Waals surface area (Å²) in [5.41, 5.74) is 5.69. The lowest BCUT2D eigenvalue weighted by Gasteiger charge is -2.16. The van der Waals surface area contributed by atoms with Crippen LogP contribution in [0.5, 0.6) is 0 Å². The van der Waals surface area contributed by atoms with Gasteiger partial charge in [-0.2, -0.15) is 0 Å². The summed E-state index contributed by atoms with van der Waals surface area (Å²) in [5, 5.41) is 16.0. The average Bonchev–Trinajstić information content (AvgIpc) is 2.34.